The molecule has 1 heterocycles. The van der Waals surface area contributed by atoms with E-state index in [4.69, 9.17) is 9.97 Å². The molecular weight excluding hydrogens is 416 g/mol. The molecule has 0 unspecified atom stereocenters. The van der Waals surface area contributed by atoms with E-state index in [1.807, 2.05) is 30.3 Å². The number of carbonyl (C=O) groups excluding carboxylic acids is 1. The molecule has 4 rings (SSSR count). The number of nitrogens with one attached hydrogen (secondary N) is 1. The van der Waals surface area contributed by atoms with Gasteiger partial charge in [-0.15, -0.1) is 0 Å². The second-order valence-corrected chi connectivity index (χ2v) is 9.61. The average molecular weight is 447 g/mol. The Hall–Kier alpha value is -2.86. The minimum absolute atomic E-state index is 0.0192. The van der Waals surface area contributed by atoms with Gasteiger partial charge in [-0.3, -0.25) is 4.79 Å². The van der Waals surface area contributed by atoms with Crippen LogP contribution < -0.4 is 10.2 Å². The van der Waals surface area contributed by atoms with E-state index in [1.54, 1.807) is 11.8 Å². The second-order valence-electron chi connectivity index (χ2n) is 8.66. The van der Waals surface area contributed by atoms with Gasteiger partial charge in [-0.1, -0.05) is 68.1 Å². The number of rotatable bonds is 9. The molecule has 0 aliphatic heterocycles. The van der Waals surface area contributed by atoms with Gasteiger partial charge in [0.25, 0.3) is 5.91 Å². The van der Waals surface area contributed by atoms with Gasteiger partial charge in [0.1, 0.15) is 5.82 Å². The van der Waals surface area contributed by atoms with Gasteiger partial charge in [0.15, 0.2) is 5.16 Å². The van der Waals surface area contributed by atoms with E-state index in [0.717, 1.165) is 47.4 Å². The molecule has 166 valence electrons. The Morgan fingerprint density at radius 1 is 1.06 bits per heavy atom. The first kappa shape index (κ1) is 22.3. The fourth-order valence-electron chi connectivity index (χ4n) is 3.32. The van der Waals surface area contributed by atoms with Crippen LogP contribution in [0.5, 0.6) is 0 Å². The van der Waals surface area contributed by atoms with Crippen LogP contribution in [0.2, 0.25) is 0 Å². The lowest BCUT2D eigenvalue weighted by atomic mass is 10.1. The van der Waals surface area contributed by atoms with Crippen molar-refractivity contribution < 1.29 is 4.79 Å². The lowest BCUT2D eigenvalue weighted by molar-refractivity contribution is 0.0951. The summed E-state index contributed by atoms with van der Waals surface area (Å²) >= 11 is 1.63. The minimum atomic E-state index is 0.0192. The van der Waals surface area contributed by atoms with Crippen molar-refractivity contribution in [3.63, 3.8) is 0 Å². The predicted molar refractivity (Wildman–Crippen MR) is 131 cm³/mol. The first-order valence-corrected chi connectivity index (χ1v) is 12.1. The molecule has 0 atom stereocenters. The molecule has 1 fully saturated rings. The van der Waals surface area contributed by atoms with Crippen molar-refractivity contribution in [1.29, 1.82) is 0 Å². The van der Waals surface area contributed by atoms with Crippen LogP contribution in [-0.4, -0.2) is 29.0 Å². The third-order valence-corrected chi connectivity index (χ3v) is 6.37. The molecule has 3 aromatic rings. The average Bonchev–Trinajstić information content (AvgIpc) is 3.62. The van der Waals surface area contributed by atoms with E-state index >= 15 is 0 Å². The summed E-state index contributed by atoms with van der Waals surface area (Å²) < 4.78 is 0. The Balaban J connectivity index is 1.43. The first-order valence-electron chi connectivity index (χ1n) is 11.1. The van der Waals surface area contributed by atoms with Crippen LogP contribution in [0.4, 0.5) is 5.82 Å². The number of anilines is 1. The lowest BCUT2D eigenvalue weighted by Gasteiger charge is -2.20. The molecule has 32 heavy (non-hydrogen) atoms. The van der Waals surface area contributed by atoms with Gasteiger partial charge in [-0.25, -0.2) is 9.97 Å². The molecule has 0 spiro atoms. The normalized spacial score (nSPS) is 13.2. The van der Waals surface area contributed by atoms with Crippen molar-refractivity contribution >= 4 is 23.5 Å². The summed E-state index contributed by atoms with van der Waals surface area (Å²) in [4.78, 5) is 24.0. The topological polar surface area (TPSA) is 58.1 Å². The summed E-state index contributed by atoms with van der Waals surface area (Å²) in [5, 5.41) is 3.81. The van der Waals surface area contributed by atoms with Gasteiger partial charge in [0, 0.05) is 42.7 Å². The van der Waals surface area contributed by atoms with Crippen LogP contribution in [0.1, 0.15) is 59.8 Å². The molecule has 6 heteroatoms. The largest absolute Gasteiger partial charge is 0.355 e. The number of amides is 1. The van der Waals surface area contributed by atoms with Gasteiger partial charge in [0.05, 0.1) is 0 Å². The summed E-state index contributed by atoms with van der Waals surface area (Å²) in [7, 11) is 2.07. The summed E-state index contributed by atoms with van der Waals surface area (Å²) in [6, 6.07) is 20.7. The maximum atomic E-state index is 12.2. The third-order valence-electron chi connectivity index (χ3n) is 5.45. The molecule has 1 aliphatic carbocycles. The molecule has 1 aliphatic rings. The zero-order valence-corrected chi connectivity index (χ0v) is 19.7. The Kier molecular flexibility index (Phi) is 7.10. The Morgan fingerprint density at radius 2 is 1.78 bits per heavy atom. The molecule has 5 nitrogen and oxygen atoms in total. The van der Waals surface area contributed by atoms with Crippen LogP contribution >= 0.6 is 11.8 Å². The maximum Gasteiger partial charge on any atom is 0.251 e. The predicted octanol–water partition coefficient (Wildman–Crippen LogP) is 5.42. The quantitative estimate of drug-likeness (QED) is 0.351. The molecule has 1 amide bonds. The molecule has 0 saturated heterocycles. The minimum Gasteiger partial charge on any atom is -0.355 e. The number of hydrogen-bond donors (Lipinski definition) is 1. The van der Waals surface area contributed by atoms with E-state index < -0.39 is 0 Å². The van der Waals surface area contributed by atoms with Crippen LogP contribution in [0.25, 0.3) is 0 Å². The first-order chi connectivity index (χ1) is 15.5. The highest BCUT2D eigenvalue weighted by Crippen LogP contribution is 2.26. The summed E-state index contributed by atoms with van der Waals surface area (Å²) in [6.45, 7) is 5.11. The molecular formula is C26H30N4OS. The summed E-state index contributed by atoms with van der Waals surface area (Å²) in [5.74, 6) is 2.03. The molecule has 1 N–H and O–H groups in total. The van der Waals surface area contributed by atoms with E-state index in [-0.39, 0.29) is 5.91 Å². The Labute approximate surface area is 194 Å². The van der Waals surface area contributed by atoms with E-state index in [2.05, 4.69) is 61.4 Å². The van der Waals surface area contributed by atoms with Crippen molar-refractivity contribution in [2.24, 2.45) is 0 Å². The van der Waals surface area contributed by atoms with Crippen molar-refractivity contribution in [2.45, 2.75) is 56.1 Å². The number of nitrogens with zero attached hydrogens (tertiary/aromatic N) is 3. The van der Waals surface area contributed by atoms with Crippen LogP contribution in [0.15, 0.2) is 65.8 Å². The number of hydrogen-bond acceptors (Lipinski definition) is 5. The zero-order chi connectivity index (χ0) is 22.5. The highest BCUT2D eigenvalue weighted by Gasteiger charge is 2.23. The SMILES string of the molecule is CC(C)c1cc(N(C)Cc2ccccc2)nc(SCc2ccc(C(=O)NC3CC3)cc2)n1. The summed E-state index contributed by atoms with van der Waals surface area (Å²) in [6.07, 6.45) is 2.19. The highest BCUT2D eigenvalue weighted by atomic mass is 32.2. The highest BCUT2D eigenvalue weighted by molar-refractivity contribution is 7.98. The van der Waals surface area contributed by atoms with Crippen LogP contribution in [-0.2, 0) is 12.3 Å². The van der Waals surface area contributed by atoms with E-state index in [9.17, 15) is 4.79 Å². The van der Waals surface area contributed by atoms with Crippen molar-refractivity contribution in [2.75, 3.05) is 11.9 Å². The fourth-order valence-corrected chi connectivity index (χ4v) is 4.14. The molecule has 1 saturated carbocycles. The smallest absolute Gasteiger partial charge is 0.251 e. The molecule has 1 aromatic heterocycles. The third kappa shape index (κ3) is 6.10. The Morgan fingerprint density at radius 3 is 2.44 bits per heavy atom. The van der Waals surface area contributed by atoms with Crippen molar-refractivity contribution in [1.82, 2.24) is 15.3 Å². The number of aromatic nitrogens is 2. The van der Waals surface area contributed by atoms with Gasteiger partial charge in [0.2, 0.25) is 0 Å². The number of benzene rings is 2. The van der Waals surface area contributed by atoms with E-state index in [1.165, 1.54) is 5.56 Å². The lowest BCUT2D eigenvalue weighted by Crippen LogP contribution is -2.25. The molecule has 0 radical (unpaired) electrons. The fraction of sp³-hybridized carbons (Fsp3) is 0.346. The van der Waals surface area contributed by atoms with Crippen LogP contribution in [0, 0.1) is 0 Å². The van der Waals surface area contributed by atoms with Crippen molar-refractivity contribution in [3.05, 3.63) is 83.0 Å². The van der Waals surface area contributed by atoms with Gasteiger partial charge >= 0.3 is 0 Å². The standard InChI is InChI=1S/C26H30N4OS/c1-18(2)23-15-24(30(3)16-19-7-5-4-6-8-19)29-26(28-23)32-17-20-9-11-21(12-10-20)25(31)27-22-13-14-22/h4-12,15,18,22H,13-14,16-17H2,1-3H3,(H,27,31). The monoisotopic (exact) mass is 446 g/mol. The van der Waals surface area contributed by atoms with Gasteiger partial charge < -0.3 is 10.2 Å². The zero-order valence-electron chi connectivity index (χ0n) is 18.9. The second kappa shape index (κ2) is 10.2. The van der Waals surface area contributed by atoms with Gasteiger partial charge in [-0.05, 0) is 42.0 Å². The van der Waals surface area contributed by atoms with Gasteiger partial charge in [-0.2, -0.15) is 0 Å². The summed E-state index contributed by atoms with van der Waals surface area (Å²) in [5.41, 5.74) is 4.16. The van der Waals surface area contributed by atoms with E-state index in [0.29, 0.717) is 17.5 Å². The molecule has 2 aromatic carbocycles. The Bertz CT molecular complexity index is 1050. The molecule has 0 bridgehead atoms. The van der Waals surface area contributed by atoms with Crippen molar-refractivity contribution in [3.8, 4) is 0 Å². The maximum absolute atomic E-state index is 12.2. The number of carbonyl (C=O) groups is 1. The number of thioether (sulfide) groups is 1. The van der Waals surface area contributed by atoms with Crippen LogP contribution in [0.3, 0.4) is 0 Å².